The Bertz CT molecular complexity index is 798. The molecule has 2 aliphatic rings. The van der Waals surface area contributed by atoms with Crippen LogP contribution in [0.5, 0.6) is 0 Å². The van der Waals surface area contributed by atoms with Crippen molar-refractivity contribution in [3.63, 3.8) is 0 Å². The Morgan fingerprint density at radius 1 is 1.18 bits per heavy atom. The van der Waals surface area contributed by atoms with Gasteiger partial charge in [-0.25, -0.2) is 4.98 Å². The van der Waals surface area contributed by atoms with E-state index in [1.807, 2.05) is 40.9 Å². The summed E-state index contributed by atoms with van der Waals surface area (Å²) in [6, 6.07) is 8.12. The highest BCUT2D eigenvalue weighted by atomic mass is 127. The molecule has 28 heavy (non-hydrogen) atoms. The summed E-state index contributed by atoms with van der Waals surface area (Å²) in [5, 5.41) is 3.53. The molecule has 2 fully saturated rings. The van der Waals surface area contributed by atoms with Crippen LogP contribution in [0.3, 0.4) is 0 Å². The molecule has 1 aliphatic heterocycles. The predicted octanol–water partition coefficient (Wildman–Crippen LogP) is 4.76. The molecule has 1 atom stereocenters. The summed E-state index contributed by atoms with van der Waals surface area (Å²) >= 11 is 1.99. The van der Waals surface area contributed by atoms with Crippen molar-refractivity contribution in [1.29, 1.82) is 0 Å². The fourth-order valence-corrected chi connectivity index (χ4v) is 5.45. The van der Waals surface area contributed by atoms with Gasteiger partial charge in [0.1, 0.15) is 0 Å². The molecule has 0 radical (unpaired) electrons. The maximum absolute atomic E-state index is 13.4. The van der Waals surface area contributed by atoms with Crippen molar-refractivity contribution in [2.45, 2.75) is 62.5 Å². The van der Waals surface area contributed by atoms with Crippen molar-refractivity contribution in [3.05, 3.63) is 57.4 Å². The first-order valence-electron chi connectivity index (χ1n) is 10.2. The minimum Gasteiger partial charge on any atom is -0.375 e. The summed E-state index contributed by atoms with van der Waals surface area (Å²) in [4.78, 5) is 8.57. The molecule has 1 N–H and O–H groups in total. The Hall–Kier alpha value is -1.12. The van der Waals surface area contributed by atoms with Crippen LogP contribution in [-0.4, -0.2) is 28.7 Å². The van der Waals surface area contributed by atoms with Crippen molar-refractivity contribution in [3.8, 4) is 0 Å². The second-order valence-corrected chi connectivity index (χ2v) is 9.37. The van der Waals surface area contributed by atoms with E-state index >= 15 is 0 Å². The van der Waals surface area contributed by atoms with E-state index in [0.29, 0.717) is 10.1 Å². The zero-order valence-electron chi connectivity index (χ0n) is 16.1. The molecule has 0 aromatic carbocycles. The fraction of sp³-hybridized carbons (Fsp3) is 0.545. The van der Waals surface area contributed by atoms with E-state index in [1.54, 1.807) is 6.20 Å². The highest BCUT2D eigenvalue weighted by molar-refractivity contribution is 14.1. The molecule has 1 aliphatic carbocycles. The first-order valence-corrected chi connectivity index (χ1v) is 11.2. The van der Waals surface area contributed by atoms with Crippen LogP contribution in [0.25, 0.3) is 0 Å². The molecule has 1 saturated carbocycles. The highest BCUT2D eigenvalue weighted by Gasteiger charge is 2.48. The van der Waals surface area contributed by atoms with Crippen molar-refractivity contribution >= 4 is 22.6 Å². The lowest BCUT2D eigenvalue weighted by molar-refractivity contribution is -0.104. The SMILES string of the molecule is Fc1ncc(CNCC[C@]2(c3ccccn3)CCOC3(CCCC3)C2)cc1I. The quantitative estimate of drug-likeness (QED) is 0.357. The van der Waals surface area contributed by atoms with Crippen LogP contribution in [0.2, 0.25) is 0 Å². The summed E-state index contributed by atoms with van der Waals surface area (Å²) in [6.07, 6.45) is 11.5. The lowest BCUT2D eigenvalue weighted by Gasteiger charge is -2.46. The number of pyridine rings is 2. The molecule has 0 amide bonds. The maximum atomic E-state index is 13.4. The number of aromatic nitrogens is 2. The zero-order valence-corrected chi connectivity index (χ0v) is 18.3. The van der Waals surface area contributed by atoms with Crippen molar-refractivity contribution in [2.24, 2.45) is 0 Å². The highest BCUT2D eigenvalue weighted by Crippen LogP contribution is 2.49. The van der Waals surface area contributed by atoms with Gasteiger partial charge in [0, 0.05) is 36.7 Å². The molecule has 1 saturated heterocycles. The summed E-state index contributed by atoms with van der Waals surface area (Å²) < 4.78 is 20.2. The second-order valence-electron chi connectivity index (χ2n) is 8.20. The molecule has 4 nitrogen and oxygen atoms in total. The Morgan fingerprint density at radius 2 is 2.04 bits per heavy atom. The predicted molar refractivity (Wildman–Crippen MR) is 116 cm³/mol. The first-order chi connectivity index (χ1) is 13.6. The third kappa shape index (κ3) is 4.39. The Labute approximate surface area is 179 Å². The van der Waals surface area contributed by atoms with E-state index in [1.165, 1.54) is 31.4 Å². The summed E-state index contributed by atoms with van der Waals surface area (Å²) in [7, 11) is 0. The summed E-state index contributed by atoms with van der Waals surface area (Å²) in [5.74, 6) is -0.400. The van der Waals surface area contributed by atoms with E-state index in [9.17, 15) is 4.39 Å². The van der Waals surface area contributed by atoms with E-state index in [2.05, 4.69) is 22.4 Å². The molecular formula is C22H27FIN3O. The van der Waals surface area contributed by atoms with Crippen LogP contribution in [-0.2, 0) is 16.7 Å². The zero-order chi connectivity index (χ0) is 19.5. The van der Waals surface area contributed by atoms with Gasteiger partial charge >= 0.3 is 0 Å². The van der Waals surface area contributed by atoms with Gasteiger partial charge in [-0.3, -0.25) is 4.98 Å². The van der Waals surface area contributed by atoms with Gasteiger partial charge in [-0.05, 0) is 85.0 Å². The molecule has 2 aromatic rings. The normalized spacial score (nSPS) is 23.9. The van der Waals surface area contributed by atoms with Crippen LogP contribution in [0.4, 0.5) is 4.39 Å². The number of halogens is 2. The van der Waals surface area contributed by atoms with Gasteiger partial charge in [0.15, 0.2) is 0 Å². The molecule has 0 unspecified atom stereocenters. The van der Waals surface area contributed by atoms with Crippen LogP contribution in [0, 0.1) is 9.52 Å². The van der Waals surface area contributed by atoms with Crippen LogP contribution < -0.4 is 5.32 Å². The van der Waals surface area contributed by atoms with Gasteiger partial charge in [-0.15, -0.1) is 0 Å². The largest absolute Gasteiger partial charge is 0.375 e. The van der Waals surface area contributed by atoms with E-state index < -0.39 is 5.95 Å². The van der Waals surface area contributed by atoms with Gasteiger partial charge in [0.2, 0.25) is 5.95 Å². The average Bonchev–Trinajstić information content (AvgIpc) is 3.16. The lowest BCUT2D eigenvalue weighted by Crippen LogP contribution is -2.47. The fourth-order valence-electron chi connectivity index (χ4n) is 4.91. The average molecular weight is 495 g/mol. The summed E-state index contributed by atoms with van der Waals surface area (Å²) in [6.45, 7) is 2.40. The van der Waals surface area contributed by atoms with E-state index in [0.717, 1.165) is 38.0 Å². The van der Waals surface area contributed by atoms with Crippen molar-refractivity contribution < 1.29 is 9.13 Å². The lowest BCUT2D eigenvalue weighted by atomic mass is 9.68. The monoisotopic (exact) mass is 495 g/mol. The molecule has 0 bridgehead atoms. The maximum Gasteiger partial charge on any atom is 0.226 e. The summed E-state index contributed by atoms with van der Waals surface area (Å²) in [5.41, 5.74) is 2.32. The number of nitrogens with zero attached hydrogens (tertiary/aromatic N) is 2. The number of rotatable bonds is 6. The molecule has 150 valence electrons. The van der Waals surface area contributed by atoms with E-state index in [4.69, 9.17) is 9.72 Å². The van der Waals surface area contributed by atoms with Crippen molar-refractivity contribution in [1.82, 2.24) is 15.3 Å². The first kappa shape index (κ1) is 20.2. The molecular weight excluding hydrogens is 468 g/mol. The topological polar surface area (TPSA) is 47.0 Å². The number of ether oxygens (including phenoxy) is 1. The third-order valence-electron chi connectivity index (χ3n) is 6.33. The van der Waals surface area contributed by atoms with Gasteiger partial charge in [0.25, 0.3) is 0 Å². The Morgan fingerprint density at radius 3 is 2.79 bits per heavy atom. The van der Waals surface area contributed by atoms with Gasteiger partial charge < -0.3 is 10.1 Å². The van der Waals surface area contributed by atoms with E-state index in [-0.39, 0.29) is 11.0 Å². The standard InChI is InChI=1S/C22H27FIN3O/c23-20-18(24)13-17(15-27-20)14-25-11-8-21(19-5-1-4-10-26-19)9-12-28-22(16-21)6-2-3-7-22/h1,4-5,10,13,15,25H,2-3,6-9,11-12,14,16H2/t21-/m0/s1. The molecule has 3 heterocycles. The third-order valence-corrected chi connectivity index (χ3v) is 7.09. The number of hydrogen-bond acceptors (Lipinski definition) is 4. The van der Waals surface area contributed by atoms with Gasteiger partial charge in [-0.1, -0.05) is 18.9 Å². The molecule has 6 heteroatoms. The second kappa shape index (κ2) is 8.71. The van der Waals surface area contributed by atoms with Crippen LogP contribution >= 0.6 is 22.6 Å². The molecule has 4 rings (SSSR count). The van der Waals surface area contributed by atoms with Crippen LogP contribution in [0.15, 0.2) is 36.7 Å². The van der Waals surface area contributed by atoms with Gasteiger partial charge in [0.05, 0.1) is 9.17 Å². The number of hydrogen-bond donors (Lipinski definition) is 1. The van der Waals surface area contributed by atoms with Gasteiger partial charge in [-0.2, -0.15) is 4.39 Å². The Kier molecular flexibility index (Phi) is 6.27. The smallest absolute Gasteiger partial charge is 0.226 e. The van der Waals surface area contributed by atoms with Crippen molar-refractivity contribution in [2.75, 3.05) is 13.2 Å². The van der Waals surface area contributed by atoms with Crippen LogP contribution in [0.1, 0.15) is 56.2 Å². The minimum absolute atomic E-state index is 0.0484. The molecule has 1 spiro atoms. The Balaban J connectivity index is 1.45. The number of nitrogens with one attached hydrogen (secondary N) is 1. The minimum atomic E-state index is -0.400. The molecule has 2 aromatic heterocycles.